The van der Waals surface area contributed by atoms with Crippen LogP contribution in [0, 0.1) is 0 Å². The Morgan fingerprint density at radius 1 is 1.09 bits per heavy atom. The summed E-state index contributed by atoms with van der Waals surface area (Å²) in [6.07, 6.45) is 7.17. The number of amides is 2. The Morgan fingerprint density at radius 3 is 2.58 bits per heavy atom. The van der Waals surface area contributed by atoms with Gasteiger partial charge in [0.15, 0.2) is 0 Å². The number of aromatic nitrogens is 1. The molecule has 1 N–H and O–H groups in total. The average molecular weight is 455 g/mol. The predicted molar refractivity (Wildman–Crippen MR) is 124 cm³/mol. The van der Waals surface area contributed by atoms with Gasteiger partial charge in [0, 0.05) is 32.2 Å². The molecule has 0 radical (unpaired) electrons. The molecule has 4 heterocycles. The first-order valence-corrected chi connectivity index (χ1v) is 12.2. The van der Waals surface area contributed by atoms with Crippen molar-refractivity contribution in [2.45, 2.75) is 57.2 Å². The van der Waals surface area contributed by atoms with E-state index in [1.165, 1.54) is 6.42 Å². The Morgan fingerprint density at radius 2 is 1.85 bits per heavy atom. The largest absolute Gasteiger partial charge is 0.463 e. The van der Waals surface area contributed by atoms with E-state index in [4.69, 9.17) is 9.15 Å². The summed E-state index contributed by atoms with van der Waals surface area (Å²) in [5.41, 5.74) is 0.452. The van der Waals surface area contributed by atoms with E-state index in [-0.39, 0.29) is 17.9 Å². The number of furan rings is 1. The summed E-state index contributed by atoms with van der Waals surface area (Å²) in [5, 5.41) is 3.29. The normalized spacial score (nSPS) is 24.6. The maximum atomic E-state index is 13.7. The summed E-state index contributed by atoms with van der Waals surface area (Å²) in [6.45, 7) is 6.68. The van der Waals surface area contributed by atoms with Gasteiger partial charge < -0.3 is 23.9 Å². The second-order valence-corrected chi connectivity index (χ2v) is 9.66. The summed E-state index contributed by atoms with van der Waals surface area (Å²) in [7, 11) is 0. The molecule has 8 heteroatoms. The second kappa shape index (κ2) is 9.35. The third-order valence-electron chi connectivity index (χ3n) is 7.45. The number of fused-ring (bicyclic) bond motifs is 1. The highest BCUT2D eigenvalue weighted by atomic mass is 16.5. The second-order valence-electron chi connectivity index (χ2n) is 9.66. The van der Waals surface area contributed by atoms with Crippen molar-refractivity contribution < 1.29 is 18.7 Å². The third-order valence-corrected chi connectivity index (χ3v) is 7.45. The SMILES string of the molecule is C[C@@]1(C(=O)NC2CCCCC2)Cn2c(ccc2-c2ccco2)C(=O)N1CCN1CCOCC1. The van der Waals surface area contributed by atoms with Crippen molar-refractivity contribution in [3.63, 3.8) is 0 Å². The van der Waals surface area contributed by atoms with Crippen LogP contribution in [0.2, 0.25) is 0 Å². The lowest BCUT2D eigenvalue weighted by Crippen LogP contribution is -2.66. The van der Waals surface area contributed by atoms with E-state index in [9.17, 15) is 9.59 Å². The molecule has 2 amide bonds. The van der Waals surface area contributed by atoms with Crippen molar-refractivity contribution in [1.82, 2.24) is 19.7 Å². The zero-order valence-electron chi connectivity index (χ0n) is 19.4. The lowest BCUT2D eigenvalue weighted by Gasteiger charge is -2.45. The van der Waals surface area contributed by atoms with E-state index >= 15 is 0 Å². The van der Waals surface area contributed by atoms with Crippen LogP contribution < -0.4 is 5.32 Å². The molecule has 2 aromatic rings. The van der Waals surface area contributed by atoms with Crippen molar-refractivity contribution in [3.8, 4) is 11.5 Å². The van der Waals surface area contributed by atoms with Gasteiger partial charge in [0.2, 0.25) is 5.91 Å². The quantitative estimate of drug-likeness (QED) is 0.726. The molecule has 0 aromatic carbocycles. The van der Waals surface area contributed by atoms with Gasteiger partial charge in [-0.15, -0.1) is 0 Å². The fourth-order valence-electron chi connectivity index (χ4n) is 5.42. The van der Waals surface area contributed by atoms with Crippen LogP contribution in [0.3, 0.4) is 0 Å². The van der Waals surface area contributed by atoms with Crippen LogP contribution in [-0.4, -0.2) is 77.2 Å². The van der Waals surface area contributed by atoms with E-state index in [2.05, 4.69) is 10.2 Å². The average Bonchev–Trinajstić information content (AvgIpc) is 3.50. The van der Waals surface area contributed by atoms with Gasteiger partial charge in [-0.2, -0.15) is 0 Å². The van der Waals surface area contributed by atoms with E-state index in [0.29, 0.717) is 37.8 Å². The predicted octanol–water partition coefficient (Wildman–Crippen LogP) is 2.74. The molecule has 1 aliphatic carbocycles. The zero-order chi connectivity index (χ0) is 22.8. The van der Waals surface area contributed by atoms with E-state index in [0.717, 1.165) is 51.0 Å². The smallest absolute Gasteiger partial charge is 0.271 e. The first kappa shape index (κ1) is 22.2. The molecule has 1 saturated heterocycles. The van der Waals surface area contributed by atoms with Crippen LogP contribution >= 0.6 is 0 Å². The number of hydrogen-bond donors (Lipinski definition) is 1. The highest BCUT2D eigenvalue weighted by Gasteiger charge is 2.48. The van der Waals surface area contributed by atoms with Crippen molar-refractivity contribution in [1.29, 1.82) is 0 Å². The number of hydrogen-bond acceptors (Lipinski definition) is 5. The van der Waals surface area contributed by atoms with Crippen LogP contribution in [0.5, 0.6) is 0 Å². The van der Waals surface area contributed by atoms with Crippen molar-refractivity contribution in [2.75, 3.05) is 39.4 Å². The first-order chi connectivity index (χ1) is 16.1. The lowest BCUT2D eigenvalue weighted by atomic mass is 9.91. The van der Waals surface area contributed by atoms with Gasteiger partial charge in [0.25, 0.3) is 5.91 Å². The van der Waals surface area contributed by atoms with Crippen LogP contribution in [-0.2, 0) is 16.1 Å². The number of rotatable bonds is 6. The Kier molecular flexibility index (Phi) is 6.29. The van der Waals surface area contributed by atoms with Gasteiger partial charge >= 0.3 is 0 Å². The highest BCUT2D eigenvalue weighted by molar-refractivity contribution is 6.00. The Hall–Kier alpha value is -2.58. The Labute approximate surface area is 194 Å². The molecule has 0 unspecified atom stereocenters. The van der Waals surface area contributed by atoms with Crippen molar-refractivity contribution in [2.24, 2.45) is 0 Å². The van der Waals surface area contributed by atoms with E-state index in [1.54, 1.807) is 11.2 Å². The van der Waals surface area contributed by atoms with Crippen LogP contribution in [0.4, 0.5) is 0 Å². The number of carbonyl (C=O) groups excluding carboxylic acids is 2. The molecule has 1 atom stereocenters. The van der Waals surface area contributed by atoms with Crippen molar-refractivity contribution in [3.05, 3.63) is 36.2 Å². The minimum atomic E-state index is -0.978. The molecule has 2 aliphatic heterocycles. The van der Waals surface area contributed by atoms with Gasteiger partial charge in [-0.3, -0.25) is 14.5 Å². The molecule has 2 fully saturated rings. The van der Waals surface area contributed by atoms with Crippen LogP contribution in [0.15, 0.2) is 34.9 Å². The van der Waals surface area contributed by atoms with Crippen molar-refractivity contribution >= 4 is 11.8 Å². The summed E-state index contributed by atoms with van der Waals surface area (Å²) < 4.78 is 13.0. The topological polar surface area (TPSA) is 80.0 Å². The number of morpholine rings is 1. The number of ether oxygens (including phenoxy) is 1. The summed E-state index contributed by atoms with van der Waals surface area (Å²) >= 11 is 0. The number of nitrogens with zero attached hydrogens (tertiary/aromatic N) is 3. The van der Waals surface area contributed by atoms with Crippen LogP contribution in [0.25, 0.3) is 11.5 Å². The molecule has 1 saturated carbocycles. The van der Waals surface area contributed by atoms with Gasteiger partial charge in [-0.05, 0) is 44.0 Å². The summed E-state index contributed by atoms with van der Waals surface area (Å²) in [4.78, 5) is 31.6. The minimum Gasteiger partial charge on any atom is -0.463 e. The van der Waals surface area contributed by atoms with Gasteiger partial charge in [-0.1, -0.05) is 19.3 Å². The maximum absolute atomic E-state index is 13.7. The fraction of sp³-hybridized carbons (Fsp3) is 0.600. The Bertz CT molecular complexity index is 973. The van der Waals surface area contributed by atoms with Gasteiger partial charge in [-0.25, -0.2) is 0 Å². The first-order valence-electron chi connectivity index (χ1n) is 12.2. The molecule has 178 valence electrons. The molecule has 0 bridgehead atoms. The maximum Gasteiger partial charge on any atom is 0.271 e. The molecule has 2 aromatic heterocycles. The molecule has 0 spiro atoms. The Balaban J connectivity index is 1.44. The lowest BCUT2D eigenvalue weighted by molar-refractivity contribution is -0.134. The van der Waals surface area contributed by atoms with Gasteiger partial charge in [0.1, 0.15) is 17.0 Å². The summed E-state index contributed by atoms with van der Waals surface area (Å²) in [6, 6.07) is 7.67. The molecule has 33 heavy (non-hydrogen) atoms. The van der Waals surface area contributed by atoms with Gasteiger partial charge in [0.05, 0.1) is 31.7 Å². The van der Waals surface area contributed by atoms with E-state index in [1.807, 2.05) is 35.8 Å². The molecule has 3 aliphatic rings. The molecular weight excluding hydrogens is 420 g/mol. The zero-order valence-corrected chi connectivity index (χ0v) is 19.4. The summed E-state index contributed by atoms with van der Waals surface area (Å²) in [5.74, 6) is 0.536. The number of carbonyl (C=O) groups is 2. The highest BCUT2D eigenvalue weighted by Crippen LogP contribution is 2.33. The minimum absolute atomic E-state index is 0.0607. The van der Waals surface area contributed by atoms with Crippen LogP contribution in [0.1, 0.15) is 49.5 Å². The molecular formula is C25H34N4O4. The standard InChI is InChI=1S/C25H34N4O4/c1-25(24(31)26-19-6-3-2-4-7-19)18-28-20(22-8-5-15-33-22)9-10-21(28)23(30)29(25)12-11-27-13-16-32-17-14-27/h5,8-10,15,19H,2-4,6-7,11-14,16-18H2,1H3,(H,26,31)/t25-/m0/s1. The molecule has 8 nitrogen and oxygen atoms in total. The number of nitrogens with one attached hydrogen (secondary N) is 1. The fourth-order valence-corrected chi connectivity index (χ4v) is 5.42. The monoisotopic (exact) mass is 454 g/mol. The third kappa shape index (κ3) is 4.34. The van der Waals surface area contributed by atoms with E-state index < -0.39 is 5.54 Å². The molecule has 5 rings (SSSR count).